The molecule has 0 saturated carbocycles. The lowest BCUT2D eigenvalue weighted by molar-refractivity contribution is -0.155. The molecule has 5 nitrogen and oxygen atoms in total. The molecule has 0 amide bonds. The second-order valence-electron chi connectivity index (χ2n) is 3.52. The van der Waals surface area contributed by atoms with Crippen LogP contribution in [0.1, 0.15) is 23.2 Å². The van der Waals surface area contributed by atoms with Crippen LogP contribution in [0.5, 0.6) is 0 Å². The fraction of sp³-hybridized carbons (Fsp3) is 0.273. The molecule has 3 rings (SSSR count). The van der Waals surface area contributed by atoms with Crippen molar-refractivity contribution in [2.24, 2.45) is 0 Å². The van der Waals surface area contributed by atoms with Gasteiger partial charge in [0.2, 0.25) is 0 Å². The molecule has 16 heavy (non-hydrogen) atoms. The summed E-state index contributed by atoms with van der Waals surface area (Å²) in [5.41, 5.74) is 2.40. The molecule has 0 atom stereocenters. The summed E-state index contributed by atoms with van der Waals surface area (Å²) in [5, 5.41) is 7.51. The number of aromatic nitrogens is 2. The summed E-state index contributed by atoms with van der Waals surface area (Å²) in [4.78, 5) is 0. The van der Waals surface area contributed by atoms with E-state index >= 15 is 0 Å². The Balaban J connectivity index is 1.80. The molecule has 82 valence electrons. The molecular formula is C11H10N2O3. The third-order valence-electron chi connectivity index (χ3n) is 2.45. The van der Waals surface area contributed by atoms with Crippen LogP contribution in [0.25, 0.3) is 0 Å². The van der Waals surface area contributed by atoms with E-state index in [1.807, 2.05) is 30.3 Å². The maximum Gasteiger partial charge on any atom is 0.184 e. The Hall–Kier alpha value is -1.72. The molecule has 2 heterocycles. The lowest BCUT2D eigenvalue weighted by Gasteiger charge is -2.14. The Labute approximate surface area is 91.9 Å². The van der Waals surface area contributed by atoms with E-state index in [2.05, 4.69) is 14.9 Å². The van der Waals surface area contributed by atoms with E-state index in [4.69, 9.17) is 9.47 Å². The maximum atomic E-state index is 5.59. The summed E-state index contributed by atoms with van der Waals surface area (Å²) in [5.74, 6) is 0. The quantitative estimate of drug-likeness (QED) is 0.730. The van der Waals surface area contributed by atoms with Gasteiger partial charge in [-0.3, -0.25) is 0 Å². The minimum atomic E-state index is -0.364. The van der Waals surface area contributed by atoms with Crippen molar-refractivity contribution >= 4 is 0 Å². The number of hydrogen-bond acceptors (Lipinski definition) is 5. The maximum absolute atomic E-state index is 5.59. The molecule has 1 aromatic heterocycles. The summed E-state index contributed by atoms with van der Waals surface area (Å²) < 4.78 is 15.8. The van der Waals surface area contributed by atoms with E-state index in [0.29, 0.717) is 24.6 Å². The first-order valence-electron chi connectivity index (χ1n) is 5.02. The average molecular weight is 218 g/mol. The van der Waals surface area contributed by atoms with E-state index in [1.54, 1.807) is 0 Å². The van der Waals surface area contributed by atoms with Crippen molar-refractivity contribution in [2.75, 3.05) is 0 Å². The summed E-state index contributed by atoms with van der Waals surface area (Å²) in [6, 6.07) is 9.78. The fourth-order valence-electron chi connectivity index (χ4n) is 1.60. The first kappa shape index (κ1) is 9.50. The molecule has 1 aromatic carbocycles. The van der Waals surface area contributed by atoms with Crippen molar-refractivity contribution in [2.45, 2.75) is 19.5 Å². The van der Waals surface area contributed by atoms with Crippen molar-refractivity contribution in [1.82, 2.24) is 10.3 Å². The van der Waals surface area contributed by atoms with Crippen LogP contribution >= 0.6 is 0 Å². The molecule has 0 N–H and O–H groups in total. The molecule has 5 heteroatoms. The molecule has 0 spiro atoms. The SMILES string of the molecule is c1ccc(C2OCc3nonc3CO2)cc1. The van der Waals surface area contributed by atoms with Gasteiger partial charge in [0.1, 0.15) is 11.4 Å². The lowest BCUT2D eigenvalue weighted by atomic mass is 10.2. The third-order valence-corrected chi connectivity index (χ3v) is 2.45. The average Bonchev–Trinajstić information content (AvgIpc) is 2.70. The first-order chi connectivity index (χ1) is 7.93. The van der Waals surface area contributed by atoms with Crippen LogP contribution in [0.2, 0.25) is 0 Å². The van der Waals surface area contributed by atoms with Crippen molar-refractivity contribution in [3.63, 3.8) is 0 Å². The minimum absolute atomic E-state index is 0.360. The number of hydrogen-bond donors (Lipinski definition) is 0. The highest BCUT2D eigenvalue weighted by Crippen LogP contribution is 2.25. The summed E-state index contributed by atoms with van der Waals surface area (Å²) in [6.45, 7) is 0.719. The zero-order chi connectivity index (χ0) is 10.8. The Bertz CT molecular complexity index is 447. The first-order valence-corrected chi connectivity index (χ1v) is 5.02. The predicted molar refractivity (Wildman–Crippen MR) is 53.1 cm³/mol. The van der Waals surface area contributed by atoms with Crippen LogP contribution < -0.4 is 0 Å². The topological polar surface area (TPSA) is 57.4 Å². The number of fused-ring (bicyclic) bond motifs is 1. The van der Waals surface area contributed by atoms with Crippen LogP contribution in [-0.2, 0) is 22.7 Å². The van der Waals surface area contributed by atoms with Crippen LogP contribution in [-0.4, -0.2) is 10.3 Å². The van der Waals surface area contributed by atoms with Crippen molar-refractivity contribution in [1.29, 1.82) is 0 Å². The van der Waals surface area contributed by atoms with E-state index < -0.39 is 0 Å². The van der Waals surface area contributed by atoms with Crippen molar-refractivity contribution < 1.29 is 14.1 Å². The van der Waals surface area contributed by atoms with Gasteiger partial charge in [-0.25, -0.2) is 4.63 Å². The highest BCUT2D eigenvalue weighted by Gasteiger charge is 2.21. The molecule has 1 aliphatic heterocycles. The van der Waals surface area contributed by atoms with Gasteiger partial charge in [0.05, 0.1) is 13.2 Å². The van der Waals surface area contributed by atoms with Gasteiger partial charge in [0.15, 0.2) is 6.29 Å². The van der Waals surface area contributed by atoms with Crippen LogP contribution in [0.4, 0.5) is 0 Å². The monoisotopic (exact) mass is 218 g/mol. The number of rotatable bonds is 1. The minimum Gasteiger partial charge on any atom is -0.342 e. The second-order valence-corrected chi connectivity index (χ2v) is 3.52. The molecule has 0 saturated heterocycles. The van der Waals surface area contributed by atoms with E-state index in [1.165, 1.54) is 0 Å². The van der Waals surface area contributed by atoms with E-state index in [-0.39, 0.29) is 6.29 Å². The largest absolute Gasteiger partial charge is 0.342 e. The Morgan fingerprint density at radius 2 is 1.56 bits per heavy atom. The van der Waals surface area contributed by atoms with Gasteiger partial charge in [0.25, 0.3) is 0 Å². The Morgan fingerprint density at radius 3 is 2.19 bits per heavy atom. The second kappa shape index (κ2) is 4.03. The number of benzene rings is 1. The molecular weight excluding hydrogens is 208 g/mol. The summed E-state index contributed by atoms with van der Waals surface area (Å²) >= 11 is 0. The van der Waals surface area contributed by atoms with Gasteiger partial charge in [0, 0.05) is 5.56 Å². The van der Waals surface area contributed by atoms with Gasteiger partial charge in [-0.05, 0) is 0 Å². The fourth-order valence-corrected chi connectivity index (χ4v) is 1.60. The van der Waals surface area contributed by atoms with Gasteiger partial charge in [-0.15, -0.1) is 0 Å². The predicted octanol–water partition coefficient (Wildman–Crippen LogP) is 1.82. The summed E-state index contributed by atoms with van der Waals surface area (Å²) in [6.07, 6.45) is -0.364. The smallest absolute Gasteiger partial charge is 0.184 e. The molecule has 1 aliphatic rings. The zero-order valence-electron chi connectivity index (χ0n) is 8.50. The van der Waals surface area contributed by atoms with E-state index in [9.17, 15) is 0 Å². The molecule has 0 radical (unpaired) electrons. The lowest BCUT2D eigenvalue weighted by Crippen LogP contribution is -2.05. The van der Waals surface area contributed by atoms with Crippen molar-refractivity contribution in [3.05, 3.63) is 47.3 Å². The van der Waals surface area contributed by atoms with Crippen LogP contribution in [0.3, 0.4) is 0 Å². The molecule has 0 fully saturated rings. The number of nitrogens with zero attached hydrogens (tertiary/aromatic N) is 2. The van der Waals surface area contributed by atoms with Gasteiger partial charge in [-0.2, -0.15) is 0 Å². The van der Waals surface area contributed by atoms with Gasteiger partial charge >= 0.3 is 0 Å². The molecule has 0 aliphatic carbocycles. The Morgan fingerprint density at radius 1 is 0.938 bits per heavy atom. The number of ether oxygens (including phenoxy) is 2. The standard InChI is InChI=1S/C11H10N2O3/c1-2-4-8(5-3-1)11-14-6-9-10(7-15-11)13-16-12-9/h1-5,11H,6-7H2. The van der Waals surface area contributed by atoms with E-state index in [0.717, 1.165) is 5.56 Å². The highest BCUT2D eigenvalue weighted by atomic mass is 16.7. The highest BCUT2D eigenvalue weighted by molar-refractivity contribution is 5.17. The molecule has 2 aromatic rings. The third kappa shape index (κ3) is 1.70. The van der Waals surface area contributed by atoms with Gasteiger partial charge < -0.3 is 9.47 Å². The van der Waals surface area contributed by atoms with Crippen LogP contribution in [0.15, 0.2) is 35.0 Å². The molecule has 0 unspecified atom stereocenters. The van der Waals surface area contributed by atoms with Crippen molar-refractivity contribution in [3.8, 4) is 0 Å². The summed E-state index contributed by atoms with van der Waals surface area (Å²) in [7, 11) is 0. The zero-order valence-corrected chi connectivity index (χ0v) is 8.50. The molecule has 0 bridgehead atoms. The van der Waals surface area contributed by atoms with Crippen LogP contribution in [0, 0.1) is 0 Å². The Kier molecular flexibility index (Phi) is 2.40. The van der Waals surface area contributed by atoms with Gasteiger partial charge in [-0.1, -0.05) is 40.6 Å². The normalized spacial score (nSPS) is 16.8.